The molecule has 0 fully saturated rings. The fourth-order valence-electron chi connectivity index (χ4n) is 3.08. The lowest BCUT2D eigenvalue weighted by atomic mass is 9.83. The number of carboxylic acids is 1. The number of nitro benzene ring substituents is 1. The van der Waals surface area contributed by atoms with Crippen LogP contribution in [0.3, 0.4) is 0 Å². The fourth-order valence-corrected chi connectivity index (χ4v) is 3.08. The smallest absolute Gasteiger partial charge is 0.336 e. The highest BCUT2D eigenvalue weighted by Gasteiger charge is 2.29. The molecule has 6 nitrogen and oxygen atoms in total. The summed E-state index contributed by atoms with van der Waals surface area (Å²) >= 11 is 0. The molecular weight excluding hydrogens is 317 g/mol. The first-order valence-corrected chi connectivity index (χ1v) is 7.33. The summed E-state index contributed by atoms with van der Waals surface area (Å²) < 4.78 is 18.8. The largest absolute Gasteiger partial charge is 0.493 e. The number of hydrogen-bond acceptors (Lipinski definition) is 4. The molecule has 0 radical (unpaired) electrons. The Balaban J connectivity index is 2.19. The van der Waals surface area contributed by atoms with Gasteiger partial charge in [0.05, 0.1) is 17.1 Å². The van der Waals surface area contributed by atoms with Crippen LogP contribution in [0.4, 0.5) is 10.1 Å². The Morgan fingerprint density at radius 3 is 2.75 bits per heavy atom. The fraction of sp³-hybridized carbons (Fsp3) is 0.235. The second-order valence-electron chi connectivity index (χ2n) is 5.66. The van der Waals surface area contributed by atoms with Crippen LogP contribution in [-0.4, -0.2) is 22.6 Å². The van der Waals surface area contributed by atoms with Gasteiger partial charge in [-0.1, -0.05) is 6.07 Å². The van der Waals surface area contributed by atoms with Gasteiger partial charge in [0.1, 0.15) is 11.6 Å². The summed E-state index contributed by atoms with van der Waals surface area (Å²) in [6.45, 7) is 1.88. The average Bonchev–Trinajstić information content (AvgIpc) is 2.53. The third-order valence-electron chi connectivity index (χ3n) is 4.19. The molecule has 1 heterocycles. The highest BCUT2D eigenvalue weighted by molar-refractivity contribution is 5.91. The Morgan fingerprint density at radius 1 is 1.33 bits per heavy atom. The van der Waals surface area contributed by atoms with Crippen molar-refractivity contribution in [1.82, 2.24) is 0 Å². The van der Waals surface area contributed by atoms with Crippen molar-refractivity contribution >= 4 is 11.7 Å². The van der Waals surface area contributed by atoms with Crippen LogP contribution >= 0.6 is 0 Å². The van der Waals surface area contributed by atoms with E-state index >= 15 is 0 Å². The molecule has 0 saturated heterocycles. The van der Waals surface area contributed by atoms with Crippen molar-refractivity contribution in [2.45, 2.75) is 19.3 Å². The highest BCUT2D eigenvalue weighted by atomic mass is 19.1. The molecule has 7 heteroatoms. The number of nitrogens with zero attached hydrogens (tertiary/aromatic N) is 1. The minimum absolute atomic E-state index is 0.116. The van der Waals surface area contributed by atoms with E-state index in [-0.39, 0.29) is 17.2 Å². The lowest BCUT2D eigenvalue weighted by molar-refractivity contribution is -0.385. The molecule has 0 aromatic heterocycles. The monoisotopic (exact) mass is 331 g/mol. The van der Waals surface area contributed by atoms with Gasteiger partial charge in [-0.15, -0.1) is 0 Å². The van der Waals surface area contributed by atoms with Crippen molar-refractivity contribution < 1.29 is 24.0 Å². The number of nitro groups is 1. The van der Waals surface area contributed by atoms with Crippen molar-refractivity contribution in [3.8, 4) is 5.75 Å². The van der Waals surface area contributed by atoms with Gasteiger partial charge in [0, 0.05) is 29.2 Å². The Bertz CT molecular complexity index is 849. The number of aryl methyl sites for hydroxylation is 1. The van der Waals surface area contributed by atoms with E-state index in [0.717, 1.165) is 6.07 Å². The van der Waals surface area contributed by atoms with Crippen LogP contribution in [0.25, 0.3) is 0 Å². The summed E-state index contributed by atoms with van der Waals surface area (Å²) in [5, 5.41) is 20.5. The molecule has 2 aromatic carbocycles. The molecule has 1 unspecified atom stereocenters. The minimum Gasteiger partial charge on any atom is -0.493 e. The molecule has 124 valence electrons. The lowest BCUT2D eigenvalue weighted by Gasteiger charge is -2.27. The summed E-state index contributed by atoms with van der Waals surface area (Å²) in [7, 11) is 0. The summed E-state index contributed by atoms with van der Waals surface area (Å²) in [6, 6.07) is 6.74. The van der Waals surface area contributed by atoms with E-state index in [1.54, 1.807) is 13.0 Å². The van der Waals surface area contributed by atoms with Gasteiger partial charge in [-0.2, -0.15) is 0 Å². The molecule has 1 aliphatic rings. The third-order valence-corrected chi connectivity index (χ3v) is 4.19. The van der Waals surface area contributed by atoms with Crippen LogP contribution in [0.15, 0.2) is 30.3 Å². The third kappa shape index (κ3) is 2.68. The predicted octanol–water partition coefficient (Wildman–Crippen LogP) is 3.65. The Morgan fingerprint density at radius 2 is 2.08 bits per heavy atom. The number of rotatable bonds is 3. The van der Waals surface area contributed by atoms with Gasteiger partial charge in [-0.05, 0) is 31.0 Å². The van der Waals surface area contributed by atoms with Crippen molar-refractivity contribution in [3.05, 3.63) is 68.5 Å². The van der Waals surface area contributed by atoms with Crippen molar-refractivity contribution in [2.24, 2.45) is 0 Å². The lowest BCUT2D eigenvalue weighted by Crippen LogP contribution is -2.18. The SMILES string of the molecule is Cc1cc(C2CCOc3cc(F)ccc32)c(C(=O)O)cc1[N+](=O)[O-]. The molecule has 24 heavy (non-hydrogen) atoms. The van der Waals surface area contributed by atoms with Crippen molar-refractivity contribution in [1.29, 1.82) is 0 Å². The number of halogens is 1. The van der Waals surface area contributed by atoms with Gasteiger partial charge in [0.25, 0.3) is 5.69 Å². The van der Waals surface area contributed by atoms with Crippen LogP contribution < -0.4 is 4.74 Å². The number of carboxylic acid groups (broad SMARTS) is 1. The van der Waals surface area contributed by atoms with Crippen LogP contribution in [0, 0.1) is 22.9 Å². The summed E-state index contributed by atoms with van der Waals surface area (Å²) in [5.41, 5.74) is 1.19. The minimum atomic E-state index is -1.23. The van der Waals surface area contributed by atoms with E-state index in [9.17, 15) is 24.4 Å². The van der Waals surface area contributed by atoms with E-state index in [1.165, 1.54) is 18.2 Å². The van der Waals surface area contributed by atoms with Crippen LogP contribution in [0.5, 0.6) is 5.75 Å². The predicted molar refractivity (Wildman–Crippen MR) is 83.1 cm³/mol. The number of fused-ring (bicyclic) bond motifs is 1. The molecule has 0 aliphatic carbocycles. The first kappa shape index (κ1) is 15.9. The number of aromatic carboxylic acids is 1. The standard InChI is InChI=1S/C17H14FNO5/c1-9-6-13(14(17(20)21)8-15(9)19(22)23)11-4-5-24-16-7-10(18)2-3-12(11)16/h2-3,6-8,11H,4-5H2,1H3,(H,20,21). The maximum Gasteiger partial charge on any atom is 0.336 e. The number of hydrogen-bond donors (Lipinski definition) is 1. The molecule has 0 bridgehead atoms. The summed E-state index contributed by atoms with van der Waals surface area (Å²) in [4.78, 5) is 22.1. The molecular formula is C17H14FNO5. The zero-order valence-corrected chi connectivity index (χ0v) is 12.8. The van der Waals surface area contributed by atoms with E-state index in [4.69, 9.17) is 4.74 Å². The second kappa shape index (κ2) is 5.92. The van der Waals surface area contributed by atoms with Gasteiger partial charge in [0.15, 0.2) is 0 Å². The van der Waals surface area contributed by atoms with Gasteiger partial charge < -0.3 is 9.84 Å². The van der Waals surface area contributed by atoms with E-state index in [1.807, 2.05) is 0 Å². The number of carbonyl (C=O) groups is 1. The zero-order valence-electron chi connectivity index (χ0n) is 12.8. The zero-order chi connectivity index (χ0) is 17.4. The topological polar surface area (TPSA) is 89.7 Å². The Hall–Kier alpha value is -2.96. The summed E-state index contributed by atoms with van der Waals surface area (Å²) in [6.07, 6.45) is 0.510. The summed E-state index contributed by atoms with van der Waals surface area (Å²) in [5.74, 6) is -1.62. The molecule has 1 atom stereocenters. The van der Waals surface area contributed by atoms with Crippen LogP contribution in [0.2, 0.25) is 0 Å². The normalized spacial score (nSPS) is 16.2. The molecule has 3 rings (SSSR count). The van der Waals surface area contributed by atoms with Gasteiger partial charge in [-0.25, -0.2) is 9.18 Å². The van der Waals surface area contributed by atoms with Crippen molar-refractivity contribution in [2.75, 3.05) is 6.61 Å². The molecule has 0 amide bonds. The highest BCUT2D eigenvalue weighted by Crippen LogP contribution is 2.41. The second-order valence-corrected chi connectivity index (χ2v) is 5.66. The first-order valence-electron chi connectivity index (χ1n) is 7.33. The molecule has 1 N–H and O–H groups in total. The maximum atomic E-state index is 13.4. The Labute approximate surface area is 136 Å². The maximum absolute atomic E-state index is 13.4. The van der Waals surface area contributed by atoms with Crippen LogP contribution in [-0.2, 0) is 0 Å². The number of ether oxygens (including phenoxy) is 1. The van der Waals surface area contributed by atoms with Crippen LogP contribution in [0.1, 0.15) is 39.4 Å². The van der Waals surface area contributed by atoms with Gasteiger partial charge >= 0.3 is 5.97 Å². The molecule has 2 aromatic rings. The molecule has 0 saturated carbocycles. The van der Waals surface area contributed by atoms with Gasteiger partial charge in [-0.3, -0.25) is 10.1 Å². The quantitative estimate of drug-likeness (QED) is 0.685. The number of benzene rings is 2. The van der Waals surface area contributed by atoms with E-state index in [0.29, 0.717) is 35.5 Å². The van der Waals surface area contributed by atoms with Gasteiger partial charge in [0.2, 0.25) is 0 Å². The molecule has 0 spiro atoms. The first-order chi connectivity index (χ1) is 11.4. The average molecular weight is 331 g/mol. The van der Waals surface area contributed by atoms with Crippen molar-refractivity contribution in [3.63, 3.8) is 0 Å². The van der Waals surface area contributed by atoms with E-state index < -0.39 is 16.7 Å². The Kier molecular flexibility index (Phi) is 3.92. The molecule has 1 aliphatic heterocycles. The van der Waals surface area contributed by atoms with E-state index in [2.05, 4.69) is 0 Å².